The van der Waals surface area contributed by atoms with E-state index in [1.165, 1.54) is 16.9 Å². The maximum absolute atomic E-state index is 5.66. The van der Waals surface area contributed by atoms with Gasteiger partial charge in [-0.05, 0) is 54.3 Å². The number of anilines is 2. The van der Waals surface area contributed by atoms with E-state index in [1.807, 2.05) is 0 Å². The molecule has 0 radical (unpaired) electrons. The van der Waals surface area contributed by atoms with Crippen molar-refractivity contribution in [2.45, 2.75) is 19.4 Å². The topological polar surface area (TPSA) is 38.5 Å². The SMILES string of the molecule is CN(c1ccc(CN)cc1)c1ccc2c(c1)CCCO2. The number of rotatable bonds is 3. The zero-order chi connectivity index (χ0) is 13.9. The fourth-order valence-corrected chi connectivity index (χ4v) is 2.56. The summed E-state index contributed by atoms with van der Waals surface area (Å²) < 4.78 is 5.66. The van der Waals surface area contributed by atoms with Crippen LogP contribution < -0.4 is 15.4 Å². The van der Waals surface area contributed by atoms with Crippen LogP contribution in [0.5, 0.6) is 5.75 Å². The second-order valence-corrected chi connectivity index (χ2v) is 5.17. The summed E-state index contributed by atoms with van der Waals surface area (Å²) in [6, 6.07) is 14.8. The number of aryl methyl sites for hydroxylation is 1. The molecule has 2 aromatic rings. The summed E-state index contributed by atoms with van der Waals surface area (Å²) in [6.45, 7) is 1.42. The van der Waals surface area contributed by atoms with E-state index in [2.05, 4.69) is 54.4 Å². The second kappa shape index (κ2) is 5.55. The van der Waals surface area contributed by atoms with E-state index in [0.717, 1.165) is 30.8 Å². The van der Waals surface area contributed by atoms with E-state index in [1.54, 1.807) is 0 Å². The summed E-state index contributed by atoms with van der Waals surface area (Å²) >= 11 is 0. The van der Waals surface area contributed by atoms with Crippen molar-refractivity contribution in [2.75, 3.05) is 18.6 Å². The quantitative estimate of drug-likeness (QED) is 0.928. The summed E-state index contributed by atoms with van der Waals surface area (Å²) in [4.78, 5) is 2.19. The Labute approximate surface area is 120 Å². The van der Waals surface area contributed by atoms with Gasteiger partial charge in [0, 0.05) is 25.0 Å². The van der Waals surface area contributed by atoms with Gasteiger partial charge >= 0.3 is 0 Å². The number of hydrogen-bond donors (Lipinski definition) is 1. The lowest BCUT2D eigenvalue weighted by molar-refractivity contribution is 0.288. The molecule has 1 heterocycles. The Morgan fingerprint density at radius 3 is 2.60 bits per heavy atom. The number of ether oxygens (including phenoxy) is 1. The van der Waals surface area contributed by atoms with Crippen molar-refractivity contribution in [3.8, 4) is 5.75 Å². The zero-order valence-corrected chi connectivity index (χ0v) is 11.8. The minimum Gasteiger partial charge on any atom is -0.493 e. The number of nitrogens with zero attached hydrogens (tertiary/aromatic N) is 1. The molecule has 0 unspecified atom stereocenters. The molecule has 2 aromatic carbocycles. The van der Waals surface area contributed by atoms with Gasteiger partial charge in [0.2, 0.25) is 0 Å². The van der Waals surface area contributed by atoms with Crippen molar-refractivity contribution >= 4 is 11.4 Å². The molecule has 2 N–H and O–H groups in total. The Morgan fingerprint density at radius 1 is 1.10 bits per heavy atom. The maximum atomic E-state index is 5.66. The van der Waals surface area contributed by atoms with E-state index in [0.29, 0.717) is 6.54 Å². The van der Waals surface area contributed by atoms with Crippen LogP contribution in [0.3, 0.4) is 0 Å². The Morgan fingerprint density at radius 2 is 1.85 bits per heavy atom. The predicted octanol–water partition coefficient (Wildman–Crippen LogP) is 3.24. The highest BCUT2D eigenvalue weighted by Gasteiger charge is 2.12. The number of fused-ring (bicyclic) bond motifs is 1. The van der Waals surface area contributed by atoms with E-state index >= 15 is 0 Å². The van der Waals surface area contributed by atoms with Gasteiger partial charge in [0.25, 0.3) is 0 Å². The van der Waals surface area contributed by atoms with Crippen LogP contribution in [0.1, 0.15) is 17.5 Å². The van der Waals surface area contributed by atoms with Crippen molar-refractivity contribution in [1.82, 2.24) is 0 Å². The molecule has 20 heavy (non-hydrogen) atoms. The molecule has 0 saturated carbocycles. The lowest BCUT2D eigenvalue weighted by Gasteiger charge is -2.23. The van der Waals surface area contributed by atoms with Gasteiger partial charge in [0.1, 0.15) is 5.75 Å². The minimum absolute atomic E-state index is 0.584. The van der Waals surface area contributed by atoms with Crippen LogP contribution in [-0.4, -0.2) is 13.7 Å². The Bertz CT molecular complexity index is 592. The molecule has 1 aliphatic rings. The first-order valence-corrected chi connectivity index (χ1v) is 7.06. The molecular formula is C17H20N2O. The highest BCUT2D eigenvalue weighted by molar-refractivity contribution is 5.64. The molecule has 104 valence electrons. The number of benzene rings is 2. The molecule has 1 aliphatic heterocycles. The van der Waals surface area contributed by atoms with E-state index in [-0.39, 0.29) is 0 Å². The third-order valence-corrected chi connectivity index (χ3v) is 3.84. The lowest BCUT2D eigenvalue weighted by atomic mass is 10.1. The molecule has 0 bridgehead atoms. The second-order valence-electron chi connectivity index (χ2n) is 5.17. The highest BCUT2D eigenvalue weighted by Crippen LogP contribution is 2.31. The van der Waals surface area contributed by atoms with Gasteiger partial charge in [-0.1, -0.05) is 12.1 Å². The van der Waals surface area contributed by atoms with Crippen LogP contribution in [0.4, 0.5) is 11.4 Å². The van der Waals surface area contributed by atoms with Crippen molar-refractivity contribution in [3.05, 3.63) is 53.6 Å². The molecule has 0 aliphatic carbocycles. The van der Waals surface area contributed by atoms with E-state index in [9.17, 15) is 0 Å². The normalized spacial score (nSPS) is 13.5. The van der Waals surface area contributed by atoms with Gasteiger partial charge in [-0.25, -0.2) is 0 Å². The molecular weight excluding hydrogens is 248 g/mol. The zero-order valence-electron chi connectivity index (χ0n) is 11.8. The van der Waals surface area contributed by atoms with Crippen molar-refractivity contribution in [3.63, 3.8) is 0 Å². The summed E-state index contributed by atoms with van der Waals surface area (Å²) in [5.41, 5.74) is 10.4. The minimum atomic E-state index is 0.584. The Kier molecular flexibility index (Phi) is 3.61. The van der Waals surface area contributed by atoms with Crippen LogP contribution in [0.2, 0.25) is 0 Å². The Hall–Kier alpha value is -2.00. The maximum Gasteiger partial charge on any atom is 0.122 e. The monoisotopic (exact) mass is 268 g/mol. The predicted molar refractivity (Wildman–Crippen MR) is 82.7 cm³/mol. The van der Waals surface area contributed by atoms with Gasteiger partial charge in [0.15, 0.2) is 0 Å². The van der Waals surface area contributed by atoms with Gasteiger partial charge in [-0.15, -0.1) is 0 Å². The highest BCUT2D eigenvalue weighted by atomic mass is 16.5. The molecule has 0 aromatic heterocycles. The van der Waals surface area contributed by atoms with E-state index in [4.69, 9.17) is 10.5 Å². The standard InChI is InChI=1S/C17H20N2O/c1-19(15-6-4-13(12-18)5-7-15)16-8-9-17-14(11-16)3-2-10-20-17/h4-9,11H,2-3,10,12,18H2,1H3. The van der Waals surface area contributed by atoms with Crippen LogP contribution in [0.25, 0.3) is 0 Å². The molecule has 0 spiro atoms. The van der Waals surface area contributed by atoms with Crippen LogP contribution in [0, 0.1) is 0 Å². The first-order valence-electron chi connectivity index (χ1n) is 7.06. The Balaban J connectivity index is 1.87. The number of hydrogen-bond acceptors (Lipinski definition) is 3. The van der Waals surface area contributed by atoms with Gasteiger partial charge in [-0.3, -0.25) is 0 Å². The third-order valence-electron chi connectivity index (χ3n) is 3.84. The van der Waals surface area contributed by atoms with Gasteiger partial charge in [0.05, 0.1) is 6.61 Å². The van der Waals surface area contributed by atoms with Gasteiger partial charge in [-0.2, -0.15) is 0 Å². The molecule has 0 saturated heterocycles. The molecule has 0 amide bonds. The molecule has 3 heteroatoms. The first kappa shape index (κ1) is 13.0. The van der Waals surface area contributed by atoms with Gasteiger partial charge < -0.3 is 15.4 Å². The third kappa shape index (κ3) is 2.49. The molecule has 3 rings (SSSR count). The fraction of sp³-hybridized carbons (Fsp3) is 0.294. The van der Waals surface area contributed by atoms with Crippen molar-refractivity contribution in [1.29, 1.82) is 0 Å². The van der Waals surface area contributed by atoms with E-state index < -0.39 is 0 Å². The van der Waals surface area contributed by atoms with Crippen LogP contribution >= 0.6 is 0 Å². The molecule has 3 nitrogen and oxygen atoms in total. The van der Waals surface area contributed by atoms with Crippen molar-refractivity contribution in [2.24, 2.45) is 5.73 Å². The summed E-state index contributed by atoms with van der Waals surface area (Å²) in [7, 11) is 2.09. The number of nitrogens with two attached hydrogens (primary N) is 1. The first-order chi connectivity index (χ1) is 9.78. The summed E-state index contributed by atoms with van der Waals surface area (Å²) in [5.74, 6) is 1.03. The molecule has 0 fully saturated rings. The summed E-state index contributed by atoms with van der Waals surface area (Å²) in [6.07, 6.45) is 2.20. The fourth-order valence-electron chi connectivity index (χ4n) is 2.56. The smallest absolute Gasteiger partial charge is 0.122 e. The van der Waals surface area contributed by atoms with Crippen LogP contribution in [0.15, 0.2) is 42.5 Å². The van der Waals surface area contributed by atoms with Crippen molar-refractivity contribution < 1.29 is 4.74 Å². The largest absolute Gasteiger partial charge is 0.493 e. The average Bonchev–Trinajstić information content (AvgIpc) is 2.54. The lowest BCUT2D eigenvalue weighted by Crippen LogP contribution is -2.12. The average molecular weight is 268 g/mol. The molecule has 0 atom stereocenters. The van der Waals surface area contributed by atoms with Crippen LogP contribution in [-0.2, 0) is 13.0 Å². The summed E-state index contributed by atoms with van der Waals surface area (Å²) in [5, 5.41) is 0.